The predicted octanol–water partition coefficient (Wildman–Crippen LogP) is 3.75. The second-order valence-corrected chi connectivity index (χ2v) is 5.94. The third-order valence-corrected chi connectivity index (χ3v) is 3.97. The fraction of sp³-hybridized carbons (Fsp3) is 0.400. The minimum Gasteiger partial charge on any atom is -0.296 e. The molecule has 0 atom stereocenters. The first-order valence-corrected chi connectivity index (χ1v) is 7.62. The van der Waals surface area contributed by atoms with E-state index in [1.807, 2.05) is 32.0 Å². The van der Waals surface area contributed by atoms with Gasteiger partial charge in [-0.15, -0.1) is 10.2 Å². The summed E-state index contributed by atoms with van der Waals surface area (Å²) in [4.78, 5) is 12.2. The number of rotatable bonds is 5. The normalized spacial score (nSPS) is 10.6. The van der Waals surface area contributed by atoms with Gasteiger partial charge >= 0.3 is 0 Å². The number of aryl methyl sites for hydroxylation is 3. The first kappa shape index (κ1) is 14.7. The van der Waals surface area contributed by atoms with Gasteiger partial charge in [-0.3, -0.25) is 10.1 Å². The van der Waals surface area contributed by atoms with Gasteiger partial charge in [0.05, 0.1) is 0 Å². The molecule has 1 N–H and O–H groups in total. The molecule has 0 aliphatic heterocycles. The Balaban J connectivity index is 2.07. The van der Waals surface area contributed by atoms with E-state index in [1.54, 1.807) is 0 Å². The van der Waals surface area contributed by atoms with Crippen LogP contribution in [-0.2, 0) is 6.42 Å². The van der Waals surface area contributed by atoms with Gasteiger partial charge < -0.3 is 0 Å². The highest BCUT2D eigenvalue weighted by molar-refractivity contribution is 7.15. The van der Waals surface area contributed by atoms with Crippen molar-refractivity contribution in [2.75, 3.05) is 5.32 Å². The molecule has 0 bridgehead atoms. The average Bonchev–Trinajstić information content (AvgIpc) is 2.86. The van der Waals surface area contributed by atoms with Crippen molar-refractivity contribution >= 4 is 22.4 Å². The Morgan fingerprint density at radius 2 is 2.10 bits per heavy atom. The van der Waals surface area contributed by atoms with E-state index in [2.05, 4.69) is 22.4 Å². The van der Waals surface area contributed by atoms with Gasteiger partial charge in [0.2, 0.25) is 5.13 Å². The first-order chi connectivity index (χ1) is 9.60. The molecule has 0 unspecified atom stereocenters. The van der Waals surface area contributed by atoms with E-state index in [-0.39, 0.29) is 5.91 Å². The van der Waals surface area contributed by atoms with Gasteiger partial charge in [-0.2, -0.15) is 0 Å². The lowest BCUT2D eigenvalue weighted by molar-refractivity contribution is 0.102. The Kier molecular flexibility index (Phi) is 4.84. The summed E-state index contributed by atoms with van der Waals surface area (Å²) in [6, 6.07) is 5.85. The number of hydrogen-bond donors (Lipinski definition) is 1. The molecular weight excluding hydrogens is 270 g/mol. The Morgan fingerprint density at radius 3 is 2.85 bits per heavy atom. The molecule has 0 aliphatic carbocycles. The van der Waals surface area contributed by atoms with E-state index in [4.69, 9.17) is 0 Å². The van der Waals surface area contributed by atoms with Crippen LogP contribution < -0.4 is 5.32 Å². The summed E-state index contributed by atoms with van der Waals surface area (Å²) in [5.41, 5.74) is 2.72. The van der Waals surface area contributed by atoms with Crippen LogP contribution in [0, 0.1) is 13.8 Å². The zero-order chi connectivity index (χ0) is 14.5. The van der Waals surface area contributed by atoms with Crippen LogP contribution in [0.4, 0.5) is 5.13 Å². The maximum Gasteiger partial charge on any atom is 0.257 e. The summed E-state index contributed by atoms with van der Waals surface area (Å²) < 4.78 is 0. The van der Waals surface area contributed by atoms with Gasteiger partial charge in [0.15, 0.2) is 0 Å². The van der Waals surface area contributed by atoms with Crippen molar-refractivity contribution in [1.82, 2.24) is 10.2 Å². The maximum atomic E-state index is 12.2. The molecule has 0 radical (unpaired) electrons. The highest BCUT2D eigenvalue weighted by Gasteiger charge is 2.12. The summed E-state index contributed by atoms with van der Waals surface area (Å²) in [6.45, 7) is 6.05. The lowest BCUT2D eigenvalue weighted by Crippen LogP contribution is -2.13. The average molecular weight is 289 g/mol. The topological polar surface area (TPSA) is 54.9 Å². The molecule has 2 rings (SSSR count). The Labute approximate surface area is 123 Å². The van der Waals surface area contributed by atoms with E-state index in [9.17, 15) is 4.79 Å². The number of nitrogens with one attached hydrogen (secondary N) is 1. The summed E-state index contributed by atoms with van der Waals surface area (Å²) in [5.74, 6) is -0.121. The fourth-order valence-corrected chi connectivity index (χ4v) is 2.65. The second kappa shape index (κ2) is 6.61. The molecule has 1 heterocycles. The van der Waals surface area contributed by atoms with Gasteiger partial charge in [0.25, 0.3) is 5.91 Å². The van der Waals surface area contributed by atoms with E-state index >= 15 is 0 Å². The molecule has 1 aromatic carbocycles. The maximum absolute atomic E-state index is 12.2. The van der Waals surface area contributed by atoms with Crippen LogP contribution in [0.15, 0.2) is 18.2 Å². The molecule has 106 valence electrons. The van der Waals surface area contributed by atoms with Crippen LogP contribution in [0.1, 0.15) is 46.3 Å². The van der Waals surface area contributed by atoms with Crippen molar-refractivity contribution in [2.45, 2.75) is 40.0 Å². The van der Waals surface area contributed by atoms with Crippen molar-refractivity contribution in [2.24, 2.45) is 0 Å². The standard InChI is InChI=1S/C15H19N3OS/c1-4-5-6-13-17-18-15(20-13)16-14(19)12-9-10(2)7-8-11(12)3/h7-9H,4-6H2,1-3H3,(H,16,18,19). The second-order valence-electron chi connectivity index (χ2n) is 4.88. The highest BCUT2D eigenvalue weighted by atomic mass is 32.1. The number of nitrogens with zero attached hydrogens (tertiary/aromatic N) is 2. The SMILES string of the molecule is CCCCc1nnc(NC(=O)c2cc(C)ccc2C)s1. The first-order valence-electron chi connectivity index (χ1n) is 6.81. The molecule has 0 saturated carbocycles. The number of benzene rings is 1. The van der Waals surface area contributed by atoms with Gasteiger partial charge in [0, 0.05) is 12.0 Å². The van der Waals surface area contributed by atoms with Crippen molar-refractivity contribution in [3.63, 3.8) is 0 Å². The monoisotopic (exact) mass is 289 g/mol. The summed E-state index contributed by atoms with van der Waals surface area (Å²) in [7, 11) is 0. The number of carbonyl (C=O) groups is 1. The highest BCUT2D eigenvalue weighted by Crippen LogP contribution is 2.19. The molecule has 0 fully saturated rings. The summed E-state index contributed by atoms with van der Waals surface area (Å²) in [6.07, 6.45) is 3.15. The number of amides is 1. The van der Waals surface area contributed by atoms with Gasteiger partial charge in [-0.1, -0.05) is 42.4 Å². The Hall–Kier alpha value is -1.75. The number of hydrogen-bond acceptors (Lipinski definition) is 4. The van der Waals surface area contributed by atoms with Crippen LogP contribution in [0.3, 0.4) is 0 Å². The van der Waals surface area contributed by atoms with E-state index in [0.29, 0.717) is 10.7 Å². The van der Waals surface area contributed by atoms with E-state index in [1.165, 1.54) is 11.3 Å². The van der Waals surface area contributed by atoms with Gasteiger partial charge in [-0.25, -0.2) is 0 Å². The van der Waals surface area contributed by atoms with E-state index in [0.717, 1.165) is 35.4 Å². The molecule has 0 aliphatic rings. The zero-order valence-electron chi connectivity index (χ0n) is 12.1. The number of carbonyl (C=O) groups excluding carboxylic acids is 1. The number of unbranched alkanes of at least 4 members (excludes halogenated alkanes) is 1. The van der Waals surface area contributed by atoms with Crippen molar-refractivity contribution in [3.05, 3.63) is 39.9 Å². The van der Waals surface area contributed by atoms with Gasteiger partial charge in [-0.05, 0) is 31.9 Å². The Morgan fingerprint density at radius 1 is 1.30 bits per heavy atom. The Bertz CT molecular complexity index is 607. The van der Waals surface area contributed by atoms with Gasteiger partial charge in [0.1, 0.15) is 5.01 Å². The fourth-order valence-electron chi connectivity index (χ4n) is 1.88. The number of anilines is 1. The molecule has 1 amide bonds. The summed E-state index contributed by atoms with van der Waals surface area (Å²) in [5, 5.41) is 12.5. The molecule has 0 spiro atoms. The minimum absolute atomic E-state index is 0.121. The molecule has 4 nitrogen and oxygen atoms in total. The summed E-state index contributed by atoms with van der Waals surface area (Å²) >= 11 is 1.45. The third kappa shape index (κ3) is 3.63. The van der Waals surface area contributed by atoms with Crippen LogP contribution >= 0.6 is 11.3 Å². The van der Waals surface area contributed by atoms with Crippen molar-refractivity contribution < 1.29 is 4.79 Å². The smallest absolute Gasteiger partial charge is 0.257 e. The quantitative estimate of drug-likeness (QED) is 0.912. The lowest BCUT2D eigenvalue weighted by Gasteiger charge is -2.05. The minimum atomic E-state index is -0.121. The third-order valence-electron chi connectivity index (χ3n) is 3.07. The molecule has 1 aromatic heterocycles. The van der Waals surface area contributed by atoms with E-state index < -0.39 is 0 Å². The van der Waals surface area contributed by atoms with Crippen LogP contribution in [-0.4, -0.2) is 16.1 Å². The molecule has 0 saturated heterocycles. The molecule has 2 aromatic rings. The molecular formula is C15H19N3OS. The zero-order valence-corrected chi connectivity index (χ0v) is 12.9. The van der Waals surface area contributed by atoms with Crippen LogP contribution in [0.5, 0.6) is 0 Å². The van der Waals surface area contributed by atoms with Crippen LogP contribution in [0.2, 0.25) is 0 Å². The molecule has 5 heteroatoms. The predicted molar refractivity (Wildman–Crippen MR) is 82.4 cm³/mol. The largest absolute Gasteiger partial charge is 0.296 e. The van der Waals surface area contributed by atoms with Crippen LogP contribution in [0.25, 0.3) is 0 Å². The lowest BCUT2D eigenvalue weighted by atomic mass is 10.1. The van der Waals surface area contributed by atoms with Crippen molar-refractivity contribution in [1.29, 1.82) is 0 Å². The number of aromatic nitrogens is 2. The van der Waals surface area contributed by atoms with Crippen molar-refractivity contribution in [3.8, 4) is 0 Å². The molecule has 20 heavy (non-hydrogen) atoms.